The molecule has 0 unspecified atom stereocenters. The summed E-state index contributed by atoms with van der Waals surface area (Å²) in [6.07, 6.45) is 0.580. The number of hydrogen-bond acceptors (Lipinski definition) is 3. The Labute approximate surface area is 138 Å². The zero-order chi connectivity index (χ0) is 17.1. The SMILES string of the molecule is O=C(O)CCCn1c(-c2ccccc2)cc2cc([N+](=O)[O-])ccc21. The average molecular weight is 324 g/mol. The van der Waals surface area contributed by atoms with Gasteiger partial charge in [-0.3, -0.25) is 14.9 Å². The fourth-order valence-corrected chi connectivity index (χ4v) is 2.85. The lowest BCUT2D eigenvalue weighted by atomic mass is 10.1. The Kier molecular flexibility index (Phi) is 4.29. The summed E-state index contributed by atoms with van der Waals surface area (Å²) in [6.45, 7) is 0.540. The number of aryl methyl sites for hydroxylation is 1. The molecular formula is C18H16N2O4. The van der Waals surface area contributed by atoms with Gasteiger partial charge in [0.25, 0.3) is 5.69 Å². The highest BCUT2D eigenvalue weighted by atomic mass is 16.6. The molecule has 0 radical (unpaired) electrons. The van der Waals surface area contributed by atoms with Gasteiger partial charge in [0.1, 0.15) is 0 Å². The van der Waals surface area contributed by atoms with E-state index in [1.165, 1.54) is 6.07 Å². The van der Waals surface area contributed by atoms with Gasteiger partial charge in [0, 0.05) is 41.7 Å². The zero-order valence-electron chi connectivity index (χ0n) is 12.9. The molecule has 3 aromatic rings. The Morgan fingerprint density at radius 1 is 1.12 bits per heavy atom. The van der Waals surface area contributed by atoms with E-state index >= 15 is 0 Å². The third kappa shape index (κ3) is 3.12. The monoisotopic (exact) mass is 324 g/mol. The van der Waals surface area contributed by atoms with Crippen molar-refractivity contribution in [3.8, 4) is 11.3 Å². The fraction of sp³-hybridized carbons (Fsp3) is 0.167. The van der Waals surface area contributed by atoms with Crippen molar-refractivity contribution >= 4 is 22.6 Å². The number of aliphatic carboxylic acids is 1. The number of carboxylic acid groups (broad SMARTS) is 1. The molecule has 122 valence electrons. The molecule has 0 aliphatic rings. The number of nitrogens with zero attached hydrogens (tertiary/aromatic N) is 2. The molecule has 1 N–H and O–H groups in total. The molecule has 0 saturated carbocycles. The Morgan fingerprint density at radius 2 is 1.88 bits per heavy atom. The van der Waals surface area contributed by atoms with Crippen molar-refractivity contribution in [2.24, 2.45) is 0 Å². The van der Waals surface area contributed by atoms with Crippen LogP contribution in [0.3, 0.4) is 0 Å². The van der Waals surface area contributed by atoms with Crippen LogP contribution in [0.25, 0.3) is 22.2 Å². The molecule has 0 atom stereocenters. The van der Waals surface area contributed by atoms with Crippen LogP contribution < -0.4 is 0 Å². The maximum Gasteiger partial charge on any atom is 0.303 e. The molecule has 6 heteroatoms. The summed E-state index contributed by atoms with van der Waals surface area (Å²) in [4.78, 5) is 21.4. The summed E-state index contributed by atoms with van der Waals surface area (Å²) in [5.41, 5.74) is 2.83. The van der Waals surface area contributed by atoms with Crippen molar-refractivity contribution in [3.63, 3.8) is 0 Å². The first-order valence-corrected chi connectivity index (χ1v) is 7.61. The molecule has 0 saturated heterocycles. The number of non-ortho nitro benzene ring substituents is 1. The van der Waals surface area contributed by atoms with E-state index in [0.717, 1.165) is 22.2 Å². The highest BCUT2D eigenvalue weighted by Crippen LogP contribution is 2.31. The number of hydrogen-bond donors (Lipinski definition) is 1. The number of fused-ring (bicyclic) bond motifs is 1. The van der Waals surface area contributed by atoms with E-state index < -0.39 is 10.9 Å². The second-order valence-electron chi connectivity index (χ2n) is 5.54. The summed E-state index contributed by atoms with van der Waals surface area (Å²) in [5, 5.41) is 20.6. The van der Waals surface area contributed by atoms with Crippen molar-refractivity contribution in [2.45, 2.75) is 19.4 Å². The number of nitro groups is 1. The van der Waals surface area contributed by atoms with Gasteiger partial charge in [0.2, 0.25) is 0 Å². The summed E-state index contributed by atoms with van der Waals surface area (Å²) >= 11 is 0. The lowest BCUT2D eigenvalue weighted by Crippen LogP contribution is -2.03. The summed E-state index contributed by atoms with van der Waals surface area (Å²) < 4.78 is 2.03. The predicted molar refractivity (Wildman–Crippen MR) is 90.9 cm³/mol. The van der Waals surface area contributed by atoms with E-state index in [1.54, 1.807) is 12.1 Å². The van der Waals surface area contributed by atoms with Crippen molar-refractivity contribution in [2.75, 3.05) is 0 Å². The van der Waals surface area contributed by atoms with Crippen molar-refractivity contribution in [1.82, 2.24) is 4.57 Å². The Bertz CT molecular complexity index is 900. The number of aromatic nitrogens is 1. The molecule has 6 nitrogen and oxygen atoms in total. The third-order valence-corrected chi connectivity index (χ3v) is 3.94. The number of rotatable bonds is 6. The molecule has 2 aromatic carbocycles. The normalized spacial score (nSPS) is 10.8. The minimum Gasteiger partial charge on any atom is -0.481 e. The van der Waals surface area contributed by atoms with Gasteiger partial charge < -0.3 is 9.67 Å². The molecule has 0 bridgehead atoms. The second-order valence-corrected chi connectivity index (χ2v) is 5.54. The van der Waals surface area contributed by atoms with Gasteiger partial charge in [0.05, 0.1) is 4.92 Å². The van der Waals surface area contributed by atoms with E-state index in [-0.39, 0.29) is 12.1 Å². The first-order chi connectivity index (χ1) is 11.6. The van der Waals surface area contributed by atoms with Gasteiger partial charge in [-0.15, -0.1) is 0 Å². The molecule has 1 aromatic heterocycles. The van der Waals surface area contributed by atoms with Gasteiger partial charge >= 0.3 is 5.97 Å². The zero-order valence-corrected chi connectivity index (χ0v) is 12.9. The van der Waals surface area contributed by atoms with Crippen LogP contribution in [0.1, 0.15) is 12.8 Å². The van der Waals surface area contributed by atoms with E-state index in [0.29, 0.717) is 13.0 Å². The molecule has 0 amide bonds. The van der Waals surface area contributed by atoms with Gasteiger partial charge in [-0.05, 0) is 24.1 Å². The lowest BCUT2D eigenvalue weighted by molar-refractivity contribution is -0.384. The third-order valence-electron chi connectivity index (χ3n) is 3.94. The van der Waals surface area contributed by atoms with Crippen molar-refractivity contribution < 1.29 is 14.8 Å². The largest absolute Gasteiger partial charge is 0.481 e. The number of nitro benzene ring substituents is 1. The van der Waals surface area contributed by atoms with Crippen molar-refractivity contribution in [3.05, 3.63) is 64.7 Å². The highest BCUT2D eigenvalue weighted by Gasteiger charge is 2.14. The molecular weight excluding hydrogens is 308 g/mol. The molecule has 0 spiro atoms. The predicted octanol–water partition coefficient (Wildman–Crippen LogP) is 4.08. The van der Waals surface area contributed by atoms with Crippen LogP contribution in [0.5, 0.6) is 0 Å². The highest BCUT2D eigenvalue weighted by molar-refractivity contribution is 5.88. The molecule has 3 rings (SSSR count). The van der Waals surface area contributed by atoms with Crippen LogP contribution in [0.4, 0.5) is 5.69 Å². The van der Waals surface area contributed by atoms with Crippen LogP contribution in [-0.2, 0) is 11.3 Å². The fourth-order valence-electron chi connectivity index (χ4n) is 2.85. The number of benzene rings is 2. The Balaban J connectivity index is 2.09. The van der Waals surface area contributed by atoms with Crippen LogP contribution in [-0.4, -0.2) is 20.6 Å². The smallest absolute Gasteiger partial charge is 0.303 e. The maximum absolute atomic E-state index is 11.0. The molecule has 0 fully saturated rings. The summed E-state index contributed by atoms with van der Waals surface area (Å²) in [6, 6.07) is 16.4. The minimum atomic E-state index is -0.830. The van der Waals surface area contributed by atoms with Gasteiger partial charge in [-0.2, -0.15) is 0 Å². The van der Waals surface area contributed by atoms with E-state index in [1.807, 2.05) is 41.0 Å². The standard InChI is InChI=1S/C18H16N2O4/c21-18(22)7-4-10-19-16-9-8-15(20(23)24)11-14(16)12-17(19)13-5-2-1-3-6-13/h1-3,5-6,8-9,11-12H,4,7,10H2,(H,21,22). The van der Waals surface area contributed by atoms with Gasteiger partial charge in [0.15, 0.2) is 0 Å². The molecule has 24 heavy (non-hydrogen) atoms. The molecule has 1 heterocycles. The van der Waals surface area contributed by atoms with Crippen LogP contribution in [0.2, 0.25) is 0 Å². The maximum atomic E-state index is 11.0. The van der Waals surface area contributed by atoms with Crippen LogP contribution >= 0.6 is 0 Å². The van der Waals surface area contributed by atoms with Crippen LogP contribution in [0, 0.1) is 10.1 Å². The topological polar surface area (TPSA) is 85.4 Å². The van der Waals surface area contributed by atoms with Gasteiger partial charge in [-0.1, -0.05) is 30.3 Å². The molecule has 0 aliphatic heterocycles. The second kappa shape index (κ2) is 6.54. The van der Waals surface area contributed by atoms with Crippen molar-refractivity contribution in [1.29, 1.82) is 0 Å². The van der Waals surface area contributed by atoms with E-state index in [4.69, 9.17) is 5.11 Å². The first kappa shape index (κ1) is 15.7. The van der Waals surface area contributed by atoms with E-state index in [9.17, 15) is 14.9 Å². The molecule has 0 aliphatic carbocycles. The van der Waals surface area contributed by atoms with E-state index in [2.05, 4.69) is 0 Å². The average Bonchev–Trinajstić information content (AvgIpc) is 2.93. The summed E-state index contributed by atoms with van der Waals surface area (Å²) in [7, 11) is 0. The minimum absolute atomic E-state index is 0.0461. The Hall–Kier alpha value is -3.15. The summed E-state index contributed by atoms with van der Waals surface area (Å²) in [5.74, 6) is -0.830. The first-order valence-electron chi connectivity index (χ1n) is 7.61. The number of carboxylic acids is 1. The van der Waals surface area contributed by atoms with Crippen LogP contribution in [0.15, 0.2) is 54.6 Å². The van der Waals surface area contributed by atoms with Gasteiger partial charge in [-0.25, -0.2) is 0 Å². The number of carbonyl (C=O) groups is 1. The lowest BCUT2D eigenvalue weighted by Gasteiger charge is -2.10. The Morgan fingerprint density at radius 3 is 2.54 bits per heavy atom. The quantitative estimate of drug-likeness (QED) is 0.547.